The largest absolute Gasteiger partial charge is 0.127 e. The molecule has 0 radical (unpaired) electrons. The third kappa shape index (κ3) is 4.90. The van der Waals surface area contributed by atoms with E-state index in [4.69, 9.17) is 46.4 Å². The Bertz CT molecular complexity index is 66.1. The van der Waals surface area contributed by atoms with Crippen LogP contribution in [0.15, 0.2) is 0 Å². The molecule has 0 nitrogen and oxygen atoms in total. The van der Waals surface area contributed by atoms with Gasteiger partial charge in [-0.15, -0.1) is 46.4 Å². The fraction of sp³-hybridized carbons (Fsp3) is 1.00. The zero-order chi connectivity index (χ0) is 7.98. The molecule has 0 amide bonds. The third-order valence-corrected chi connectivity index (χ3v) is 2.77. The summed E-state index contributed by atoms with van der Waals surface area (Å²) in [5, 5.41) is -0.0872. The minimum Gasteiger partial charge on any atom is -0.127 e. The highest BCUT2D eigenvalue weighted by Crippen LogP contribution is 2.17. The van der Waals surface area contributed by atoms with E-state index in [1.807, 2.05) is 0 Å². The van der Waals surface area contributed by atoms with E-state index < -0.39 is 0 Å². The van der Waals surface area contributed by atoms with Crippen molar-refractivity contribution in [1.29, 1.82) is 0 Å². The summed E-state index contributed by atoms with van der Waals surface area (Å²) in [4.78, 5) is 0. The molecule has 0 aliphatic carbocycles. The van der Waals surface area contributed by atoms with Crippen molar-refractivity contribution in [3.8, 4) is 0 Å². The fourth-order valence-corrected chi connectivity index (χ4v) is 1.73. The minimum atomic E-state index is -0.0436. The molecule has 62 valence electrons. The van der Waals surface area contributed by atoms with Gasteiger partial charge in [0.05, 0.1) is 10.8 Å². The zero-order valence-corrected chi connectivity index (χ0v) is 8.52. The number of hydrogen-bond acceptors (Lipinski definition) is 0. The van der Waals surface area contributed by atoms with E-state index in [0.717, 1.165) is 12.8 Å². The summed E-state index contributed by atoms with van der Waals surface area (Å²) >= 11 is 22.6. The van der Waals surface area contributed by atoms with Crippen LogP contribution in [0.2, 0.25) is 0 Å². The van der Waals surface area contributed by atoms with Gasteiger partial charge in [0, 0.05) is 11.8 Å². The van der Waals surface area contributed by atoms with Gasteiger partial charge in [0.2, 0.25) is 0 Å². The second-order valence-electron chi connectivity index (χ2n) is 1.99. The molecule has 0 bridgehead atoms. The van der Waals surface area contributed by atoms with Gasteiger partial charge in [-0.1, -0.05) is 0 Å². The summed E-state index contributed by atoms with van der Waals surface area (Å²) in [7, 11) is 0. The molecule has 0 saturated carbocycles. The second-order valence-corrected chi connectivity index (χ2v) is 3.86. The quantitative estimate of drug-likeness (QED) is 0.627. The van der Waals surface area contributed by atoms with Crippen LogP contribution in [-0.4, -0.2) is 22.5 Å². The van der Waals surface area contributed by atoms with E-state index in [9.17, 15) is 0 Å². The van der Waals surface area contributed by atoms with Crippen LogP contribution in [0.5, 0.6) is 0 Å². The lowest BCUT2D eigenvalue weighted by atomic mass is 10.2. The zero-order valence-electron chi connectivity index (χ0n) is 5.49. The monoisotopic (exact) mass is 222 g/mol. The highest BCUT2D eigenvalue weighted by Gasteiger charge is 2.14. The summed E-state index contributed by atoms with van der Waals surface area (Å²) < 4.78 is 0. The van der Waals surface area contributed by atoms with Gasteiger partial charge in [-0.05, 0) is 12.8 Å². The van der Waals surface area contributed by atoms with Gasteiger partial charge in [0.15, 0.2) is 0 Å². The van der Waals surface area contributed by atoms with Crippen molar-refractivity contribution in [3.63, 3.8) is 0 Å². The lowest BCUT2D eigenvalue weighted by Crippen LogP contribution is -2.15. The first-order valence-corrected chi connectivity index (χ1v) is 5.06. The summed E-state index contributed by atoms with van der Waals surface area (Å²) in [5.74, 6) is 1.11. The van der Waals surface area contributed by atoms with Crippen molar-refractivity contribution in [3.05, 3.63) is 0 Å². The Balaban J connectivity index is 3.38. The lowest BCUT2D eigenvalue weighted by molar-refractivity contribution is 0.726. The highest BCUT2D eigenvalue weighted by molar-refractivity contribution is 6.30. The van der Waals surface area contributed by atoms with E-state index in [1.165, 1.54) is 0 Å². The molecule has 2 unspecified atom stereocenters. The molecule has 0 aromatic heterocycles. The molecule has 0 rings (SSSR count). The maximum absolute atomic E-state index is 5.84. The van der Waals surface area contributed by atoms with Gasteiger partial charge in [0.1, 0.15) is 0 Å². The molecule has 0 N–H and O–H groups in total. The smallest absolute Gasteiger partial charge is 0.0511 e. The summed E-state index contributed by atoms with van der Waals surface area (Å²) in [6, 6.07) is 0. The van der Waals surface area contributed by atoms with E-state index in [1.54, 1.807) is 0 Å². The molecule has 0 fully saturated rings. The predicted molar refractivity (Wildman–Crippen MR) is 50.0 cm³/mol. The number of hydrogen-bond donors (Lipinski definition) is 0. The molecule has 0 saturated heterocycles. The average Bonchev–Trinajstić information content (AvgIpc) is 1.89. The molecule has 10 heavy (non-hydrogen) atoms. The van der Waals surface area contributed by atoms with Crippen LogP contribution in [0.3, 0.4) is 0 Å². The van der Waals surface area contributed by atoms with Crippen molar-refractivity contribution >= 4 is 46.4 Å². The lowest BCUT2D eigenvalue weighted by Gasteiger charge is -2.12. The first-order valence-electron chi connectivity index (χ1n) is 3.12. The van der Waals surface area contributed by atoms with E-state index >= 15 is 0 Å². The SMILES string of the molecule is ClCCC(Cl)C(Cl)CCCl. The molecule has 0 heterocycles. The van der Waals surface area contributed by atoms with E-state index in [0.29, 0.717) is 11.8 Å². The molecule has 2 atom stereocenters. The summed E-state index contributed by atoms with van der Waals surface area (Å²) in [6.45, 7) is 0. The maximum atomic E-state index is 5.84. The first-order chi connectivity index (χ1) is 4.72. The molecule has 0 spiro atoms. The highest BCUT2D eigenvalue weighted by atomic mass is 35.5. The van der Waals surface area contributed by atoms with Gasteiger partial charge < -0.3 is 0 Å². The molecule has 0 aliphatic rings. The van der Waals surface area contributed by atoms with Crippen LogP contribution in [0.1, 0.15) is 12.8 Å². The van der Waals surface area contributed by atoms with Crippen LogP contribution >= 0.6 is 46.4 Å². The average molecular weight is 224 g/mol. The molecule has 0 aliphatic heterocycles. The number of halogens is 4. The Kier molecular flexibility index (Phi) is 7.64. The van der Waals surface area contributed by atoms with Gasteiger partial charge in [-0.2, -0.15) is 0 Å². The Labute approximate surface area is 81.8 Å². The van der Waals surface area contributed by atoms with Gasteiger partial charge in [0.25, 0.3) is 0 Å². The van der Waals surface area contributed by atoms with Gasteiger partial charge in [-0.25, -0.2) is 0 Å². The molecule has 4 heteroatoms. The van der Waals surface area contributed by atoms with E-state index in [2.05, 4.69) is 0 Å². The van der Waals surface area contributed by atoms with Crippen LogP contribution in [0.4, 0.5) is 0 Å². The third-order valence-electron chi connectivity index (χ3n) is 1.16. The van der Waals surface area contributed by atoms with Gasteiger partial charge in [-0.3, -0.25) is 0 Å². The van der Waals surface area contributed by atoms with E-state index in [-0.39, 0.29) is 10.8 Å². The van der Waals surface area contributed by atoms with Crippen LogP contribution < -0.4 is 0 Å². The van der Waals surface area contributed by atoms with Crippen molar-refractivity contribution in [2.24, 2.45) is 0 Å². The molecular weight excluding hydrogens is 214 g/mol. The van der Waals surface area contributed by atoms with Crippen molar-refractivity contribution in [2.45, 2.75) is 23.6 Å². The predicted octanol–water partition coefficient (Wildman–Crippen LogP) is 3.46. The first kappa shape index (κ1) is 11.2. The Morgan fingerprint density at radius 2 is 1.10 bits per heavy atom. The van der Waals surface area contributed by atoms with Gasteiger partial charge >= 0.3 is 0 Å². The van der Waals surface area contributed by atoms with Crippen molar-refractivity contribution < 1.29 is 0 Å². The van der Waals surface area contributed by atoms with Crippen LogP contribution in [0, 0.1) is 0 Å². The normalized spacial score (nSPS) is 16.8. The fourth-order valence-electron chi connectivity index (χ4n) is 0.570. The summed E-state index contributed by atoms with van der Waals surface area (Å²) in [5.41, 5.74) is 0. The van der Waals surface area contributed by atoms with Crippen LogP contribution in [-0.2, 0) is 0 Å². The van der Waals surface area contributed by atoms with Crippen molar-refractivity contribution in [2.75, 3.05) is 11.8 Å². The molecule has 0 aromatic carbocycles. The molecule has 0 aromatic rings. The number of alkyl halides is 4. The number of rotatable bonds is 5. The standard InChI is InChI=1S/C6H10Cl4/c7-3-1-5(9)6(10)2-4-8/h5-6H,1-4H2. The second kappa shape index (κ2) is 6.84. The Morgan fingerprint density at radius 3 is 1.30 bits per heavy atom. The maximum Gasteiger partial charge on any atom is 0.0511 e. The topological polar surface area (TPSA) is 0 Å². The Hall–Kier alpha value is 1.16. The van der Waals surface area contributed by atoms with Crippen molar-refractivity contribution in [1.82, 2.24) is 0 Å². The summed E-state index contributed by atoms with van der Waals surface area (Å²) in [6.07, 6.45) is 1.49. The minimum absolute atomic E-state index is 0.0436. The van der Waals surface area contributed by atoms with Crippen LogP contribution in [0.25, 0.3) is 0 Å². The molecular formula is C6H10Cl4. The Morgan fingerprint density at radius 1 is 0.800 bits per heavy atom.